The average Bonchev–Trinajstić information content (AvgIpc) is 2.67. The largest absolute Gasteiger partial charge is 0.368 e. The van der Waals surface area contributed by atoms with Crippen LogP contribution in [-0.2, 0) is 6.42 Å². The van der Waals surface area contributed by atoms with Crippen molar-refractivity contribution < 1.29 is 4.79 Å². The first-order valence-corrected chi connectivity index (χ1v) is 8.12. The van der Waals surface area contributed by atoms with Crippen molar-refractivity contribution in [3.8, 4) is 0 Å². The van der Waals surface area contributed by atoms with Gasteiger partial charge < -0.3 is 16.4 Å². The Morgan fingerprint density at radius 2 is 1.95 bits per heavy atom. The lowest BCUT2D eigenvalue weighted by atomic mass is 9.93. The Balaban J connectivity index is 1.79. The molecule has 6 heteroatoms. The third-order valence-electron chi connectivity index (χ3n) is 4.83. The number of fused-ring (bicyclic) bond motifs is 2. The quantitative estimate of drug-likeness (QED) is 0.870. The van der Waals surface area contributed by atoms with Crippen LogP contribution < -0.4 is 11.5 Å². The van der Waals surface area contributed by atoms with Gasteiger partial charge in [-0.05, 0) is 43.1 Å². The van der Waals surface area contributed by atoms with E-state index in [1.54, 1.807) is 6.07 Å². The van der Waals surface area contributed by atoms with Crippen LogP contribution in [0.15, 0.2) is 6.07 Å². The van der Waals surface area contributed by atoms with Crippen LogP contribution in [0.25, 0.3) is 0 Å². The van der Waals surface area contributed by atoms with Crippen molar-refractivity contribution in [1.29, 1.82) is 0 Å². The van der Waals surface area contributed by atoms with Crippen molar-refractivity contribution >= 4 is 11.9 Å². The SMILES string of the molecule is CC(C)Cc1cc(C(=O)N2C[C@H]3CC[C@@H](C2)C3N)nc(N)n1. The monoisotopic (exact) mass is 303 g/mol. The highest BCUT2D eigenvalue weighted by molar-refractivity contribution is 5.92. The van der Waals surface area contributed by atoms with E-state index in [2.05, 4.69) is 23.8 Å². The molecule has 2 bridgehead atoms. The number of piperidine rings is 1. The van der Waals surface area contributed by atoms with Gasteiger partial charge in [0.25, 0.3) is 5.91 Å². The molecule has 1 saturated carbocycles. The predicted octanol–water partition coefficient (Wildman–Crippen LogP) is 1.07. The van der Waals surface area contributed by atoms with E-state index in [4.69, 9.17) is 11.5 Å². The summed E-state index contributed by atoms with van der Waals surface area (Å²) in [5, 5.41) is 0. The Kier molecular flexibility index (Phi) is 4.04. The second-order valence-electron chi connectivity index (χ2n) is 7.09. The fourth-order valence-corrected chi connectivity index (χ4v) is 3.74. The number of rotatable bonds is 3. The number of aromatic nitrogens is 2. The zero-order chi connectivity index (χ0) is 15.9. The number of anilines is 1. The smallest absolute Gasteiger partial charge is 0.272 e. The number of amides is 1. The molecule has 3 rings (SSSR count). The highest BCUT2D eigenvalue weighted by atomic mass is 16.2. The summed E-state index contributed by atoms with van der Waals surface area (Å²) >= 11 is 0. The zero-order valence-corrected chi connectivity index (χ0v) is 13.3. The number of carbonyl (C=O) groups is 1. The van der Waals surface area contributed by atoms with Crippen molar-refractivity contribution in [2.45, 2.75) is 39.2 Å². The van der Waals surface area contributed by atoms with Crippen molar-refractivity contribution in [2.75, 3.05) is 18.8 Å². The molecule has 1 unspecified atom stereocenters. The Hall–Kier alpha value is -1.69. The first kappa shape index (κ1) is 15.2. The molecule has 4 N–H and O–H groups in total. The Labute approximate surface area is 131 Å². The van der Waals surface area contributed by atoms with Gasteiger partial charge in [-0.1, -0.05) is 13.8 Å². The van der Waals surface area contributed by atoms with E-state index in [-0.39, 0.29) is 17.9 Å². The standard InChI is InChI=1S/C16H25N5O/c1-9(2)5-12-6-13(20-16(18)19-12)15(22)21-7-10-3-4-11(8-21)14(10)17/h6,9-11,14H,3-5,7-8,17H2,1-2H3,(H2,18,19,20)/t10-,11+,14?. The molecule has 2 fully saturated rings. The lowest BCUT2D eigenvalue weighted by Crippen LogP contribution is -2.50. The summed E-state index contributed by atoms with van der Waals surface area (Å²) in [6.07, 6.45) is 3.05. The molecule has 1 aliphatic heterocycles. The topological polar surface area (TPSA) is 98.1 Å². The molecule has 1 aromatic rings. The summed E-state index contributed by atoms with van der Waals surface area (Å²) in [5.74, 6) is 1.45. The van der Waals surface area contributed by atoms with Gasteiger partial charge in [-0.25, -0.2) is 9.97 Å². The van der Waals surface area contributed by atoms with E-state index >= 15 is 0 Å². The van der Waals surface area contributed by atoms with Crippen LogP contribution in [0, 0.1) is 17.8 Å². The highest BCUT2D eigenvalue weighted by Gasteiger charge is 2.41. The van der Waals surface area contributed by atoms with Crippen LogP contribution >= 0.6 is 0 Å². The molecule has 1 saturated heterocycles. The molecule has 3 atom stereocenters. The molecule has 1 aliphatic carbocycles. The van der Waals surface area contributed by atoms with Gasteiger partial charge in [-0.2, -0.15) is 0 Å². The predicted molar refractivity (Wildman–Crippen MR) is 85.1 cm³/mol. The minimum Gasteiger partial charge on any atom is -0.368 e. The van der Waals surface area contributed by atoms with E-state index < -0.39 is 0 Å². The molecule has 0 aromatic carbocycles. The second kappa shape index (κ2) is 5.83. The molecule has 6 nitrogen and oxygen atoms in total. The van der Waals surface area contributed by atoms with Gasteiger partial charge >= 0.3 is 0 Å². The second-order valence-corrected chi connectivity index (χ2v) is 7.09. The third kappa shape index (κ3) is 2.92. The summed E-state index contributed by atoms with van der Waals surface area (Å²) in [6.45, 7) is 5.70. The maximum absolute atomic E-state index is 12.8. The van der Waals surface area contributed by atoms with Crippen molar-refractivity contribution in [1.82, 2.24) is 14.9 Å². The van der Waals surface area contributed by atoms with Crippen molar-refractivity contribution in [2.24, 2.45) is 23.5 Å². The molecule has 1 aromatic heterocycles. The van der Waals surface area contributed by atoms with Crippen LogP contribution in [0.3, 0.4) is 0 Å². The van der Waals surface area contributed by atoms with Gasteiger partial charge in [0.2, 0.25) is 5.95 Å². The van der Waals surface area contributed by atoms with Gasteiger partial charge in [0.1, 0.15) is 5.69 Å². The molecule has 0 spiro atoms. The Morgan fingerprint density at radius 3 is 2.55 bits per heavy atom. The summed E-state index contributed by atoms with van der Waals surface area (Å²) < 4.78 is 0. The van der Waals surface area contributed by atoms with Crippen LogP contribution in [0.2, 0.25) is 0 Å². The maximum atomic E-state index is 12.8. The lowest BCUT2D eigenvalue weighted by Gasteiger charge is -2.36. The fourth-order valence-electron chi connectivity index (χ4n) is 3.74. The van der Waals surface area contributed by atoms with Crippen molar-refractivity contribution in [3.63, 3.8) is 0 Å². The number of hydrogen-bond acceptors (Lipinski definition) is 5. The number of likely N-dealkylation sites (tertiary alicyclic amines) is 1. The zero-order valence-electron chi connectivity index (χ0n) is 13.3. The number of carbonyl (C=O) groups excluding carboxylic acids is 1. The van der Waals surface area contributed by atoms with Gasteiger partial charge in [0.05, 0.1) is 0 Å². The number of hydrogen-bond donors (Lipinski definition) is 2. The van der Waals surface area contributed by atoms with Gasteiger partial charge in [-0.15, -0.1) is 0 Å². The third-order valence-corrected chi connectivity index (χ3v) is 4.83. The minimum atomic E-state index is -0.0390. The maximum Gasteiger partial charge on any atom is 0.272 e. The molecule has 2 aliphatic rings. The first-order valence-electron chi connectivity index (χ1n) is 8.12. The van der Waals surface area contributed by atoms with Gasteiger partial charge in [0.15, 0.2) is 0 Å². The van der Waals surface area contributed by atoms with E-state index in [0.717, 1.165) is 38.0 Å². The molecule has 22 heavy (non-hydrogen) atoms. The fraction of sp³-hybridized carbons (Fsp3) is 0.688. The summed E-state index contributed by atoms with van der Waals surface area (Å²) in [6, 6.07) is 2.03. The summed E-state index contributed by atoms with van der Waals surface area (Å²) in [7, 11) is 0. The Morgan fingerprint density at radius 1 is 1.32 bits per heavy atom. The highest BCUT2D eigenvalue weighted by Crippen LogP contribution is 2.36. The first-order chi connectivity index (χ1) is 10.4. The molecular formula is C16H25N5O. The van der Waals surface area contributed by atoms with E-state index in [9.17, 15) is 4.79 Å². The van der Waals surface area contributed by atoms with Crippen LogP contribution in [0.5, 0.6) is 0 Å². The number of nitrogen functional groups attached to an aromatic ring is 1. The minimum absolute atomic E-state index is 0.0390. The van der Waals surface area contributed by atoms with E-state index in [0.29, 0.717) is 23.4 Å². The van der Waals surface area contributed by atoms with Crippen LogP contribution in [0.4, 0.5) is 5.95 Å². The number of nitrogens with zero attached hydrogens (tertiary/aromatic N) is 3. The summed E-state index contributed by atoms with van der Waals surface area (Å²) in [4.78, 5) is 23.0. The van der Waals surface area contributed by atoms with E-state index in [1.807, 2.05) is 4.90 Å². The van der Waals surface area contributed by atoms with Crippen molar-refractivity contribution in [3.05, 3.63) is 17.5 Å². The molecule has 2 heterocycles. The van der Waals surface area contributed by atoms with Gasteiger partial charge in [-0.3, -0.25) is 4.79 Å². The van der Waals surface area contributed by atoms with E-state index in [1.165, 1.54) is 0 Å². The van der Waals surface area contributed by atoms with Crippen LogP contribution in [-0.4, -0.2) is 39.9 Å². The number of nitrogens with two attached hydrogens (primary N) is 2. The van der Waals surface area contributed by atoms with Gasteiger partial charge in [0, 0.05) is 24.8 Å². The molecule has 120 valence electrons. The summed E-state index contributed by atoms with van der Waals surface area (Å²) in [5.41, 5.74) is 13.2. The normalized spacial score (nSPS) is 27.5. The Bertz CT molecular complexity index is 560. The molecule has 0 radical (unpaired) electrons. The molecular weight excluding hydrogens is 278 g/mol. The lowest BCUT2D eigenvalue weighted by molar-refractivity contribution is 0.0631. The molecule has 1 amide bonds. The van der Waals surface area contributed by atoms with Crippen LogP contribution in [0.1, 0.15) is 42.9 Å². The average molecular weight is 303 g/mol.